The molecule has 0 radical (unpaired) electrons. The van der Waals surface area contributed by atoms with E-state index in [4.69, 9.17) is 9.47 Å². The molecule has 150 valence electrons. The Labute approximate surface area is 163 Å². The van der Waals surface area contributed by atoms with E-state index in [0.717, 1.165) is 30.6 Å². The third-order valence-corrected chi connectivity index (χ3v) is 3.99. The van der Waals surface area contributed by atoms with Crippen molar-refractivity contribution in [2.45, 2.75) is 32.8 Å². The summed E-state index contributed by atoms with van der Waals surface area (Å²) in [6.45, 7) is -0.132. The van der Waals surface area contributed by atoms with Crippen LogP contribution in [0.3, 0.4) is 0 Å². The Hall–Kier alpha value is -2.89. The third kappa shape index (κ3) is 6.68. The highest BCUT2D eigenvalue weighted by atomic mass is 19.3. The molecule has 0 aliphatic heterocycles. The van der Waals surface area contributed by atoms with Gasteiger partial charge in [-0.3, -0.25) is 4.79 Å². The van der Waals surface area contributed by atoms with E-state index in [2.05, 4.69) is 11.7 Å². The summed E-state index contributed by atoms with van der Waals surface area (Å²) in [5.74, 6) is 0.470. The van der Waals surface area contributed by atoms with Crippen molar-refractivity contribution < 1.29 is 27.8 Å². The van der Waals surface area contributed by atoms with E-state index in [1.807, 2.05) is 24.3 Å². The number of methoxy groups -OCH3 is 1. The van der Waals surface area contributed by atoms with Crippen LogP contribution in [0, 0.1) is 0 Å². The number of ether oxygens (including phenoxy) is 3. The average Bonchev–Trinajstić information content (AvgIpc) is 2.70. The van der Waals surface area contributed by atoms with E-state index in [-0.39, 0.29) is 17.3 Å². The van der Waals surface area contributed by atoms with Crippen molar-refractivity contribution in [2.24, 2.45) is 0 Å². The molecule has 0 saturated heterocycles. The molecule has 0 aliphatic rings. The summed E-state index contributed by atoms with van der Waals surface area (Å²) in [6.07, 6.45) is 6.41. The molecule has 0 amide bonds. The molecule has 2 aromatic rings. The fourth-order valence-corrected chi connectivity index (χ4v) is 2.50. The fourth-order valence-electron chi connectivity index (χ4n) is 2.50. The van der Waals surface area contributed by atoms with Gasteiger partial charge in [-0.25, -0.2) is 0 Å². The quantitative estimate of drug-likeness (QED) is 0.278. The maximum atomic E-state index is 12.4. The van der Waals surface area contributed by atoms with Crippen molar-refractivity contribution in [3.05, 3.63) is 59.7 Å². The van der Waals surface area contributed by atoms with Gasteiger partial charge in [0.1, 0.15) is 5.75 Å². The van der Waals surface area contributed by atoms with Gasteiger partial charge >= 0.3 is 6.61 Å². The minimum atomic E-state index is -2.96. The molecule has 0 aromatic heterocycles. The van der Waals surface area contributed by atoms with Crippen LogP contribution in [0.4, 0.5) is 8.78 Å². The molecule has 0 atom stereocenters. The number of allylic oxidation sites excluding steroid dienone is 1. The molecular weight excluding hydrogens is 366 g/mol. The lowest BCUT2D eigenvalue weighted by molar-refractivity contribution is -0.0512. The molecule has 2 rings (SSSR count). The van der Waals surface area contributed by atoms with Crippen molar-refractivity contribution in [1.29, 1.82) is 0 Å². The van der Waals surface area contributed by atoms with Gasteiger partial charge in [0, 0.05) is 5.56 Å². The first-order valence-electron chi connectivity index (χ1n) is 9.11. The normalized spacial score (nSPS) is 11.0. The molecule has 0 heterocycles. The average molecular weight is 390 g/mol. The van der Waals surface area contributed by atoms with Crippen molar-refractivity contribution in [3.8, 4) is 17.2 Å². The molecule has 0 N–H and O–H groups in total. The molecule has 0 aliphatic carbocycles. The number of ketones is 1. The van der Waals surface area contributed by atoms with E-state index in [0.29, 0.717) is 12.2 Å². The first kappa shape index (κ1) is 21.4. The van der Waals surface area contributed by atoms with Crippen LogP contribution in [0.25, 0.3) is 6.08 Å². The number of carbonyl (C=O) groups excluding carboxylic acids is 1. The number of benzene rings is 2. The van der Waals surface area contributed by atoms with E-state index in [9.17, 15) is 13.6 Å². The minimum Gasteiger partial charge on any atom is -0.494 e. The first-order chi connectivity index (χ1) is 13.5. The second-order valence-electron chi connectivity index (χ2n) is 6.07. The van der Waals surface area contributed by atoms with Gasteiger partial charge in [0.15, 0.2) is 17.3 Å². The summed E-state index contributed by atoms with van der Waals surface area (Å²) in [4.78, 5) is 12.3. The molecule has 6 heteroatoms. The highest BCUT2D eigenvalue weighted by molar-refractivity contribution is 6.07. The molecule has 0 unspecified atom stereocenters. The lowest BCUT2D eigenvalue weighted by atomic mass is 10.1. The van der Waals surface area contributed by atoms with Crippen molar-refractivity contribution in [2.75, 3.05) is 13.7 Å². The molecule has 0 spiro atoms. The highest BCUT2D eigenvalue weighted by Crippen LogP contribution is 2.29. The molecule has 0 bridgehead atoms. The first-order valence-corrected chi connectivity index (χ1v) is 9.11. The lowest BCUT2D eigenvalue weighted by Crippen LogP contribution is -2.04. The van der Waals surface area contributed by atoms with Gasteiger partial charge < -0.3 is 14.2 Å². The Balaban J connectivity index is 1.99. The van der Waals surface area contributed by atoms with Crippen LogP contribution in [0.15, 0.2) is 48.5 Å². The predicted molar refractivity (Wildman–Crippen MR) is 104 cm³/mol. The molecule has 2 aromatic carbocycles. The SMILES string of the molecule is CCCCCOc1ccc(/C=C/C(=O)c2ccc(OC(F)F)c(OC)c2)cc1. The van der Waals surface area contributed by atoms with E-state index >= 15 is 0 Å². The number of halogens is 2. The van der Waals surface area contributed by atoms with Gasteiger partial charge in [0.05, 0.1) is 13.7 Å². The summed E-state index contributed by atoms with van der Waals surface area (Å²) in [5.41, 5.74) is 1.16. The maximum Gasteiger partial charge on any atom is 0.387 e. The van der Waals surface area contributed by atoms with Crippen LogP contribution in [0.2, 0.25) is 0 Å². The maximum absolute atomic E-state index is 12.4. The van der Waals surface area contributed by atoms with Crippen molar-refractivity contribution in [3.63, 3.8) is 0 Å². The predicted octanol–water partition coefficient (Wildman–Crippen LogP) is 5.76. The van der Waals surface area contributed by atoms with Gasteiger partial charge in [-0.15, -0.1) is 0 Å². The second kappa shape index (κ2) is 11.1. The van der Waals surface area contributed by atoms with Crippen LogP contribution in [-0.2, 0) is 0 Å². The van der Waals surface area contributed by atoms with E-state index in [1.165, 1.54) is 31.4 Å². The van der Waals surface area contributed by atoms with Crippen LogP contribution >= 0.6 is 0 Å². The number of unbranched alkanes of at least 4 members (excludes halogenated alkanes) is 2. The Morgan fingerprint density at radius 2 is 1.82 bits per heavy atom. The largest absolute Gasteiger partial charge is 0.494 e. The number of carbonyl (C=O) groups is 1. The van der Waals surface area contributed by atoms with Gasteiger partial charge in [0.25, 0.3) is 0 Å². The minimum absolute atomic E-state index is 0.0733. The zero-order chi connectivity index (χ0) is 20.4. The summed E-state index contributed by atoms with van der Waals surface area (Å²) < 4.78 is 39.8. The van der Waals surface area contributed by atoms with Crippen molar-refractivity contribution >= 4 is 11.9 Å². The van der Waals surface area contributed by atoms with E-state index in [1.54, 1.807) is 6.08 Å². The van der Waals surface area contributed by atoms with Gasteiger partial charge in [-0.1, -0.05) is 38.0 Å². The van der Waals surface area contributed by atoms with E-state index < -0.39 is 6.61 Å². The topological polar surface area (TPSA) is 44.8 Å². The summed E-state index contributed by atoms with van der Waals surface area (Å²) in [5, 5.41) is 0. The summed E-state index contributed by atoms with van der Waals surface area (Å²) >= 11 is 0. The number of rotatable bonds is 11. The lowest BCUT2D eigenvalue weighted by Gasteiger charge is -2.10. The van der Waals surface area contributed by atoms with Crippen LogP contribution in [0.5, 0.6) is 17.2 Å². The van der Waals surface area contributed by atoms with Gasteiger partial charge in [-0.05, 0) is 48.4 Å². The monoisotopic (exact) mass is 390 g/mol. The number of hydrogen-bond donors (Lipinski definition) is 0. The number of hydrogen-bond acceptors (Lipinski definition) is 4. The zero-order valence-corrected chi connectivity index (χ0v) is 16.0. The third-order valence-electron chi connectivity index (χ3n) is 3.99. The van der Waals surface area contributed by atoms with Crippen LogP contribution in [-0.4, -0.2) is 26.1 Å². The smallest absolute Gasteiger partial charge is 0.387 e. The van der Waals surface area contributed by atoms with Gasteiger partial charge in [-0.2, -0.15) is 8.78 Å². The molecule has 0 saturated carbocycles. The summed E-state index contributed by atoms with van der Waals surface area (Å²) in [7, 11) is 1.32. The molecular formula is C22H24F2O4. The second-order valence-corrected chi connectivity index (χ2v) is 6.07. The fraction of sp³-hybridized carbons (Fsp3) is 0.318. The number of alkyl halides is 2. The van der Waals surface area contributed by atoms with Gasteiger partial charge in [0.2, 0.25) is 0 Å². The van der Waals surface area contributed by atoms with Crippen LogP contribution in [0.1, 0.15) is 42.1 Å². The molecule has 28 heavy (non-hydrogen) atoms. The highest BCUT2D eigenvalue weighted by Gasteiger charge is 2.13. The Kier molecular flexibility index (Phi) is 8.46. The Morgan fingerprint density at radius 1 is 1.07 bits per heavy atom. The molecule has 4 nitrogen and oxygen atoms in total. The standard InChI is InChI=1S/C22H24F2O4/c1-3-4-5-14-27-18-10-6-16(7-11-18)8-12-19(25)17-9-13-20(28-22(23)24)21(15-17)26-2/h6-13,15,22H,3-5,14H2,1-2H3/b12-8+. The van der Waals surface area contributed by atoms with Crippen molar-refractivity contribution in [1.82, 2.24) is 0 Å². The summed E-state index contributed by atoms with van der Waals surface area (Å²) in [6, 6.07) is 11.5. The Bertz CT molecular complexity index is 786. The Morgan fingerprint density at radius 3 is 2.46 bits per heavy atom. The zero-order valence-electron chi connectivity index (χ0n) is 16.0. The van der Waals surface area contributed by atoms with Crippen LogP contribution < -0.4 is 14.2 Å². The molecule has 0 fully saturated rings.